The average molecular weight is 307 g/mol. The van der Waals surface area contributed by atoms with E-state index >= 15 is 0 Å². The SMILES string of the molecule is O[C@@H]1C[C@@H]2CN(C3CCN(c4ccccc4Cl)CC3)C[C@@H]21. The smallest absolute Gasteiger partial charge is 0.0639 e. The van der Waals surface area contributed by atoms with Gasteiger partial charge in [0, 0.05) is 38.1 Å². The van der Waals surface area contributed by atoms with Crippen molar-refractivity contribution in [3.63, 3.8) is 0 Å². The molecular formula is C17H23ClN2O. The number of fused-ring (bicyclic) bond motifs is 1. The minimum atomic E-state index is -0.0248. The number of aliphatic hydroxyl groups excluding tert-OH is 1. The minimum absolute atomic E-state index is 0.0248. The van der Waals surface area contributed by atoms with Crippen molar-refractivity contribution in [2.24, 2.45) is 11.8 Å². The van der Waals surface area contributed by atoms with Gasteiger partial charge >= 0.3 is 0 Å². The number of anilines is 1. The number of aliphatic hydroxyl groups is 1. The lowest BCUT2D eigenvalue weighted by molar-refractivity contribution is -0.00448. The van der Waals surface area contributed by atoms with Gasteiger partial charge in [-0.1, -0.05) is 23.7 Å². The van der Waals surface area contributed by atoms with Gasteiger partial charge in [-0.15, -0.1) is 0 Å². The molecule has 0 aromatic heterocycles. The maximum Gasteiger partial charge on any atom is 0.0639 e. The highest BCUT2D eigenvalue weighted by Gasteiger charge is 2.47. The number of halogens is 1. The molecule has 114 valence electrons. The highest BCUT2D eigenvalue weighted by Crippen LogP contribution is 2.42. The van der Waals surface area contributed by atoms with E-state index in [0.29, 0.717) is 12.0 Å². The lowest BCUT2D eigenvalue weighted by atomic mass is 9.74. The summed E-state index contributed by atoms with van der Waals surface area (Å²) in [6, 6.07) is 8.84. The van der Waals surface area contributed by atoms with Gasteiger partial charge in [-0.25, -0.2) is 0 Å². The molecule has 1 aliphatic carbocycles. The number of para-hydroxylation sites is 1. The Morgan fingerprint density at radius 2 is 1.86 bits per heavy atom. The first-order chi connectivity index (χ1) is 10.2. The van der Waals surface area contributed by atoms with Crippen molar-refractivity contribution < 1.29 is 5.11 Å². The summed E-state index contributed by atoms with van der Waals surface area (Å²) in [4.78, 5) is 5.05. The fourth-order valence-electron chi connectivity index (χ4n) is 4.38. The van der Waals surface area contributed by atoms with E-state index < -0.39 is 0 Å². The van der Waals surface area contributed by atoms with Crippen LogP contribution in [0.3, 0.4) is 0 Å². The fourth-order valence-corrected chi connectivity index (χ4v) is 4.64. The summed E-state index contributed by atoms with van der Waals surface area (Å²) in [5.41, 5.74) is 1.18. The van der Waals surface area contributed by atoms with Gasteiger partial charge < -0.3 is 10.0 Å². The Balaban J connectivity index is 1.36. The lowest BCUT2D eigenvalue weighted by Crippen LogP contribution is -2.44. The van der Waals surface area contributed by atoms with Crippen LogP contribution in [0.1, 0.15) is 19.3 Å². The Morgan fingerprint density at radius 3 is 2.52 bits per heavy atom. The number of hydrogen-bond donors (Lipinski definition) is 1. The van der Waals surface area contributed by atoms with Crippen LogP contribution in [0.4, 0.5) is 5.69 Å². The summed E-state index contributed by atoms with van der Waals surface area (Å²) in [7, 11) is 0. The largest absolute Gasteiger partial charge is 0.393 e. The van der Waals surface area contributed by atoms with Crippen LogP contribution < -0.4 is 4.90 Å². The molecule has 0 amide bonds. The quantitative estimate of drug-likeness (QED) is 0.910. The molecular weight excluding hydrogens is 284 g/mol. The Hall–Kier alpha value is -0.770. The van der Waals surface area contributed by atoms with E-state index in [9.17, 15) is 5.11 Å². The zero-order valence-corrected chi connectivity index (χ0v) is 13.0. The van der Waals surface area contributed by atoms with Crippen LogP contribution in [0.2, 0.25) is 5.02 Å². The predicted molar refractivity (Wildman–Crippen MR) is 85.9 cm³/mol. The molecule has 0 radical (unpaired) electrons. The first-order valence-corrected chi connectivity index (χ1v) is 8.52. The van der Waals surface area contributed by atoms with E-state index in [1.807, 2.05) is 12.1 Å². The third-order valence-electron chi connectivity index (χ3n) is 5.73. The molecule has 2 aliphatic heterocycles. The maximum atomic E-state index is 9.81. The molecule has 1 aromatic rings. The Morgan fingerprint density at radius 1 is 1.10 bits per heavy atom. The topological polar surface area (TPSA) is 26.7 Å². The molecule has 3 fully saturated rings. The van der Waals surface area contributed by atoms with Crippen molar-refractivity contribution in [1.82, 2.24) is 4.90 Å². The highest BCUT2D eigenvalue weighted by atomic mass is 35.5. The summed E-state index contributed by atoms with van der Waals surface area (Å²) < 4.78 is 0. The summed E-state index contributed by atoms with van der Waals surface area (Å²) >= 11 is 6.30. The van der Waals surface area contributed by atoms with Gasteiger partial charge in [0.1, 0.15) is 0 Å². The van der Waals surface area contributed by atoms with Gasteiger partial charge in [0.25, 0.3) is 0 Å². The second kappa shape index (κ2) is 5.45. The average Bonchev–Trinajstić information content (AvgIpc) is 2.85. The predicted octanol–water partition coefficient (Wildman–Crippen LogP) is 2.62. The molecule has 2 saturated heterocycles. The van der Waals surface area contributed by atoms with E-state index in [-0.39, 0.29) is 6.10 Å². The van der Waals surface area contributed by atoms with E-state index in [4.69, 9.17) is 11.6 Å². The van der Waals surface area contributed by atoms with Crippen molar-refractivity contribution in [2.45, 2.75) is 31.4 Å². The summed E-state index contributed by atoms with van der Waals surface area (Å²) in [6.07, 6.45) is 3.42. The summed E-state index contributed by atoms with van der Waals surface area (Å²) in [5, 5.41) is 10.7. The standard InChI is InChI=1S/C17H23ClN2O/c18-15-3-1-2-4-16(15)19-7-5-13(6-8-19)20-10-12-9-17(21)14(12)11-20/h1-4,12-14,17,21H,5-11H2/t12-,14+,17-/m1/s1. The van der Waals surface area contributed by atoms with Crippen LogP contribution in [0.15, 0.2) is 24.3 Å². The van der Waals surface area contributed by atoms with Crippen molar-refractivity contribution >= 4 is 17.3 Å². The molecule has 21 heavy (non-hydrogen) atoms. The van der Waals surface area contributed by atoms with Crippen molar-refractivity contribution in [3.8, 4) is 0 Å². The number of nitrogens with zero attached hydrogens (tertiary/aromatic N) is 2. The van der Waals surface area contributed by atoms with Crippen LogP contribution >= 0.6 is 11.6 Å². The second-order valence-electron chi connectivity index (χ2n) is 6.85. The molecule has 4 heteroatoms. The fraction of sp³-hybridized carbons (Fsp3) is 0.647. The molecule has 1 aromatic carbocycles. The van der Waals surface area contributed by atoms with Crippen molar-refractivity contribution in [3.05, 3.63) is 29.3 Å². The normalized spacial score (nSPS) is 33.8. The highest BCUT2D eigenvalue weighted by molar-refractivity contribution is 6.33. The van der Waals surface area contributed by atoms with Gasteiger partial charge in [-0.3, -0.25) is 4.90 Å². The van der Waals surface area contributed by atoms with Crippen LogP contribution in [0.25, 0.3) is 0 Å². The number of benzene rings is 1. The van der Waals surface area contributed by atoms with E-state index in [1.165, 1.54) is 25.1 Å². The van der Waals surface area contributed by atoms with E-state index in [0.717, 1.165) is 37.0 Å². The Bertz CT molecular complexity index is 515. The third-order valence-corrected chi connectivity index (χ3v) is 6.05. The molecule has 1 N–H and O–H groups in total. The van der Waals surface area contributed by atoms with Gasteiger partial charge in [0.2, 0.25) is 0 Å². The Labute approximate surface area is 131 Å². The third kappa shape index (κ3) is 2.45. The van der Waals surface area contributed by atoms with Crippen LogP contribution in [-0.4, -0.2) is 48.3 Å². The summed E-state index contributed by atoms with van der Waals surface area (Å²) in [6.45, 7) is 4.49. The summed E-state index contributed by atoms with van der Waals surface area (Å²) in [5.74, 6) is 1.33. The van der Waals surface area contributed by atoms with Gasteiger partial charge in [-0.2, -0.15) is 0 Å². The molecule has 1 saturated carbocycles. The van der Waals surface area contributed by atoms with Gasteiger partial charge in [0.15, 0.2) is 0 Å². The number of rotatable bonds is 2. The van der Waals surface area contributed by atoms with Crippen LogP contribution in [0.5, 0.6) is 0 Å². The minimum Gasteiger partial charge on any atom is -0.393 e. The molecule has 3 aliphatic rings. The van der Waals surface area contributed by atoms with E-state index in [2.05, 4.69) is 21.9 Å². The molecule has 4 rings (SSSR count). The molecule has 0 bridgehead atoms. The molecule has 0 spiro atoms. The first-order valence-electron chi connectivity index (χ1n) is 8.14. The molecule has 0 unspecified atom stereocenters. The number of likely N-dealkylation sites (tertiary alicyclic amines) is 1. The zero-order valence-electron chi connectivity index (χ0n) is 12.3. The van der Waals surface area contributed by atoms with Gasteiger partial charge in [0.05, 0.1) is 16.8 Å². The van der Waals surface area contributed by atoms with Gasteiger partial charge in [-0.05, 0) is 37.3 Å². The number of piperidine rings is 1. The maximum absolute atomic E-state index is 9.81. The molecule has 3 atom stereocenters. The number of hydrogen-bond acceptors (Lipinski definition) is 3. The monoisotopic (exact) mass is 306 g/mol. The van der Waals surface area contributed by atoms with Crippen molar-refractivity contribution in [2.75, 3.05) is 31.1 Å². The second-order valence-corrected chi connectivity index (χ2v) is 7.26. The first kappa shape index (κ1) is 13.9. The zero-order chi connectivity index (χ0) is 14.4. The van der Waals surface area contributed by atoms with Crippen molar-refractivity contribution in [1.29, 1.82) is 0 Å². The van der Waals surface area contributed by atoms with E-state index in [1.54, 1.807) is 0 Å². The van der Waals surface area contributed by atoms with Crippen LogP contribution in [0, 0.1) is 11.8 Å². The Kier molecular flexibility index (Phi) is 3.60. The molecule has 2 heterocycles. The lowest BCUT2D eigenvalue weighted by Gasteiger charge is -2.38. The molecule has 3 nitrogen and oxygen atoms in total. The van der Waals surface area contributed by atoms with Crippen LogP contribution in [-0.2, 0) is 0 Å².